The Kier molecular flexibility index (Phi) is 5.96. The Morgan fingerprint density at radius 1 is 1.46 bits per heavy atom. The van der Waals surface area contributed by atoms with E-state index in [1.54, 1.807) is 0 Å². The van der Waals surface area contributed by atoms with Crippen molar-refractivity contribution in [2.45, 2.75) is 33.1 Å². The summed E-state index contributed by atoms with van der Waals surface area (Å²) < 4.78 is 4.64. The highest BCUT2D eigenvalue weighted by molar-refractivity contribution is 5.72. The Morgan fingerprint density at radius 3 is 2.38 bits per heavy atom. The maximum absolute atomic E-state index is 11.2. The molecule has 0 aromatic carbocycles. The Morgan fingerprint density at radius 2 is 2.08 bits per heavy atom. The molecule has 0 amide bonds. The van der Waals surface area contributed by atoms with E-state index in [9.17, 15) is 4.79 Å². The molecule has 0 rings (SSSR count). The van der Waals surface area contributed by atoms with E-state index >= 15 is 0 Å². The third kappa shape index (κ3) is 3.93. The summed E-state index contributed by atoms with van der Waals surface area (Å²) in [7, 11) is 1.39. The molecule has 0 aliphatic carbocycles. The van der Waals surface area contributed by atoms with Gasteiger partial charge in [0.05, 0.1) is 19.1 Å². The summed E-state index contributed by atoms with van der Waals surface area (Å²) in [5.41, 5.74) is 0. The number of carbonyl (C=O) groups excluding carboxylic acids is 1. The van der Waals surface area contributed by atoms with E-state index in [-0.39, 0.29) is 17.8 Å². The van der Waals surface area contributed by atoms with E-state index in [0.29, 0.717) is 6.42 Å². The van der Waals surface area contributed by atoms with Crippen molar-refractivity contribution in [1.82, 2.24) is 0 Å². The largest absolute Gasteiger partial charge is 0.469 e. The molecule has 0 heterocycles. The molecule has 74 valence electrons. The summed E-state index contributed by atoms with van der Waals surface area (Å²) in [6, 6.07) is 2.19. The molecule has 0 bridgehead atoms. The molecular weight excluding hydrogens is 166 g/mol. The predicted molar refractivity (Wildman–Crippen MR) is 49.8 cm³/mol. The lowest BCUT2D eigenvalue weighted by Crippen LogP contribution is -2.18. The molecule has 0 aliphatic heterocycles. The second-order valence-electron chi connectivity index (χ2n) is 3.10. The number of esters is 1. The zero-order valence-corrected chi connectivity index (χ0v) is 8.54. The van der Waals surface area contributed by atoms with Crippen molar-refractivity contribution in [3.63, 3.8) is 0 Å². The molecule has 2 unspecified atom stereocenters. The van der Waals surface area contributed by atoms with Crippen LogP contribution in [0.25, 0.3) is 0 Å². The van der Waals surface area contributed by atoms with Crippen molar-refractivity contribution in [1.29, 1.82) is 5.26 Å². The first-order valence-electron chi connectivity index (χ1n) is 4.66. The van der Waals surface area contributed by atoms with Gasteiger partial charge in [-0.3, -0.25) is 4.79 Å². The molecule has 0 aliphatic rings. The van der Waals surface area contributed by atoms with Crippen LogP contribution in [-0.4, -0.2) is 13.1 Å². The fourth-order valence-electron chi connectivity index (χ4n) is 1.25. The van der Waals surface area contributed by atoms with Crippen LogP contribution in [-0.2, 0) is 9.53 Å². The number of nitrogens with zero attached hydrogens (tertiary/aromatic N) is 1. The quantitative estimate of drug-likeness (QED) is 0.613. The average Bonchev–Trinajstić information content (AvgIpc) is 2.19. The summed E-state index contributed by atoms with van der Waals surface area (Å²) in [5, 5.41) is 8.72. The maximum atomic E-state index is 11.2. The lowest BCUT2D eigenvalue weighted by molar-refractivity contribution is -0.146. The minimum absolute atomic E-state index is 0.0240. The second-order valence-corrected chi connectivity index (χ2v) is 3.10. The lowest BCUT2D eigenvalue weighted by Gasteiger charge is -2.14. The minimum atomic E-state index is -0.198. The average molecular weight is 183 g/mol. The summed E-state index contributed by atoms with van der Waals surface area (Å²) in [4.78, 5) is 11.2. The van der Waals surface area contributed by atoms with Gasteiger partial charge in [0.25, 0.3) is 0 Å². The Hall–Kier alpha value is -1.04. The van der Waals surface area contributed by atoms with Gasteiger partial charge in [-0.05, 0) is 19.3 Å². The molecule has 0 aromatic heterocycles. The third-order valence-electron chi connectivity index (χ3n) is 2.27. The van der Waals surface area contributed by atoms with Gasteiger partial charge in [-0.1, -0.05) is 13.8 Å². The van der Waals surface area contributed by atoms with Gasteiger partial charge in [0.2, 0.25) is 0 Å². The lowest BCUT2D eigenvalue weighted by atomic mass is 9.92. The fraction of sp³-hybridized carbons (Fsp3) is 0.800. The first-order valence-corrected chi connectivity index (χ1v) is 4.66. The van der Waals surface area contributed by atoms with Crippen LogP contribution < -0.4 is 0 Å². The SMILES string of the molecule is CCC(C#N)CC(CC)C(=O)OC. The number of nitriles is 1. The van der Waals surface area contributed by atoms with Gasteiger partial charge in [-0.2, -0.15) is 5.26 Å². The summed E-state index contributed by atoms with van der Waals surface area (Å²) in [6.07, 6.45) is 2.16. The van der Waals surface area contributed by atoms with Crippen LogP contribution in [0.5, 0.6) is 0 Å². The zero-order chi connectivity index (χ0) is 10.3. The van der Waals surface area contributed by atoms with Crippen molar-refractivity contribution in [3.05, 3.63) is 0 Å². The third-order valence-corrected chi connectivity index (χ3v) is 2.27. The highest BCUT2D eigenvalue weighted by atomic mass is 16.5. The number of hydrogen-bond acceptors (Lipinski definition) is 3. The number of rotatable bonds is 5. The summed E-state index contributed by atoms with van der Waals surface area (Å²) in [6.45, 7) is 3.89. The molecule has 0 saturated heterocycles. The Bertz CT molecular complexity index is 196. The normalized spacial score (nSPS) is 14.3. The van der Waals surface area contributed by atoms with Crippen molar-refractivity contribution in [2.24, 2.45) is 11.8 Å². The topological polar surface area (TPSA) is 50.1 Å². The van der Waals surface area contributed by atoms with Gasteiger partial charge >= 0.3 is 5.97 Å². The Labute approximate surface area is 79.7 Å². The standard InChI is InChI=1S/C10H17NO2/c1-4-8(7-11)6-9(5-2)10(12)13-3/h8-9H,4-6H2,1-3H3. The number of ether oxygens (including phenoxy) is 1. The molecule has 3 heteroatoms. The van der Waals surface area contributed by atoms with E-state index in [2.05, 4.69) is 10.8 Å². The van der Waals surface area contributed by atoms with Crippen molar-refractivity contribution in [2.75, 3.05) is 7.11 Å². The van der Waals surface area contributed by atoms with Crippen LogP contribution >= 0.6 is 0 Å². The van der Waals surface area contributed by atoms with E-state index in [1.807, 2.05) is 13.8 Å². The van der Waals surface area contributed by atoms with Crippen LogP contribution in [0.1, 0.15) is 33.1 Å². The molecular formula is C10H17NO2. The van der Waals surface area contributed by atoms with E-state index in [1.165, 1.54) is 7.11 Å². The van der Waals surface area contributed by atoms with E-state index in [0.717, 1.165) is 12.8 Å². The second kappa shape index (κ2) is 6.47. The van der Waals surface area contributed by atoms with Gasteiger partial charge < -0.3 is 4.74 Å². The number of hydrogen-bond donors (Lipinski definition) is 0. The molecule has 0 spiro atoms. The van der Waals surface area contributed by atoms with Crippen molar-refractivity contribution < 1.29 is 9.53 Å². The van der Waals surface area contributed by atoms with Crippen LogP contribution in [0.15, 0.2) is 0 Å². The van der Waals surface area contributed by atoms with Crippen LogP contribution in [0, 0.1) is 23.2 Å². The van der Waals surface area contributed by atoms with Crippen molar-refractivity contribution in [3.8, 4) is 6.07 Å². The highest BCUT2D eigenvalue weighted by Gasteiger charge is 2.20. The van der Waals surface area contributed by atoms with Crippen LogP contribution in [0.2, 0.25) is 0 Å². The number of methoxy groups -OCH3 is 1. The molecule has 0 radical (unpaired) electrons. The molecule has 0 fully saturated rings. The molecule has 0 N–H and O–H groups in total. The molecule has 13 heavy (non-hydrogen) atoms. The first-order chi connectivity index (χ1) is 6.19. The Balaban J connectivity index is 4.12. The molecule has 3 nitrogen and oxygen atoms in total. The van der Waals surface area contributed by atoms with Gasteiger partial charge in [0.15, 0.2) is 0 Å². The maximum Gasteiger partial charge on any atom is 0.308 e. The molecule has 0 aromatic rings. The summed E-state index contributed by atoms with van der Waals surface area (Å²) in [5.74, 6) is -0.338. The zero-order valence-electron chi connectivity index (χ0n) is 8.54. The first kappa shape index (κ1) is 12.0. The molecule has 2 atom stereocenters. The number of carbonyl (C=O) groups is 1. The van der Waals surface area contributed by atoms with Gasteiger partial charge in [0, 0.05) is 5.92 Å². The highest BCUT2D eigenvalue weighted by Crippen LogP contribution is 2.18. The fourth-order valence-corrected chi connectivity index (χ4v) is 1.25. The van der Waals surface area contributed by atoms with Crippen LogP contribution in [0.4, 0.5) is 0 Å². The smallest absolute Gasteiger partial charge is 0.308 e. The van der Waals surface area contributed by atoms with Gasteiger partial charge in [-0.15, -0.1) is 0 Å². The van der Waals surface area contributed by atoms with Crippen molar-refractivity contribution >= 4 is 5.97 Å². The van der Waals surface area contributed by atoms with E-state index < -0.39 is 0 Å². The monoisotopic (exact) mass is 183 g/mol. The molecule has 0 saturated carbocycles. The van der Waals surface area contributed by atoms with Gasteiger partial charge in [0.1, 0.15) is 0 Å². The minimum Gasteiger partial charge on any atom is -0.469 e. The van der Waals surface area contributed by atoms with E-state index in [4.69, 9.17) is 5.26 Å². The summed E-state index contributed by atoms with van der Waals surface area (Å²) >= 11 is 0. The van der Waals surface area contributed by atoms with Gasteiger partial charge in [-0.25, -0.2) is 0 Å². The van der Waals surface area contributed by atoms with Crippen LogP contribution in [0.3, 0.4) is 0 Å². The predicted octanol–water partition coefficient (Wildman–Crippen LogP) is 2.13.